The van der Waals surface area contributed by atoms with Gasteiger partial charge in [0.2, 0.25) is 0 Å². The van der Waals surface area contributed by atoms with E-state index >= 15 is 0 Å². The predicted molar refractivity (Wildman–Crippen MR) is 62.7 cm³/mol. The van der Waals surface area contributed by atoms with Gasteiger partial charge in [-0.15, -0.1) is 0 Å². The Morgan fingerprint density at radius 3 is 2.64 bits per heavy atom. The van der Waals surface area contributed by atoms with Crippen LogP contribution in [0.3, 0.4) is 0 Å². The van der Waals surface area contributed by atoms with Crippen LogP contribution in [0, 0.1) is 0 Å². The maximum atomic E-state index is 5.91. The molecule has 0 bridgehead atoms. The summed E-state index contributed by atoms with van der Waals surface area (Å²) in [5, 5.41) is 4.24. The van der Waals surface area contributed by atoms with Gasteiger partial charge in [0.05, 0.1) is 10.0 Å². The third-order valence-corrected chi connectivity index (χ3v) is 2.67. The molecule has 1 heterocycles. The van der Waals surface area contributed by atoms with E-state index in [1.165, 1.54) is 0 Å². The third-order valence-electron chi connectivity index (χ3n) is 1.71. The Morgan fingerprint density at radius 2 is 2.00 bits per heavy atom. The second kappa shape index (κ2) is 5.64. The molecule has 5 heteroatoms. The molecule has 78 valence electrons. The zero-order chi connectivity index (χ0) is 10.6. The normalized spacial score (nSPS) is 10.3. The Balaban J connectivity index is 2.72. The van der Waals surface area contributed by atoms with Gasteiger partial charge in [0, 0.05) is 6.54 Å². The van der Waals surface area contributed by atoms with Gasteiger partial charge in [0.15, 0.2) is 0 Å². The highest BCUT2D eigenvalue weighted by molar-refractivity contribution is 6.42. The first-order valence-electron chi connectivity index (χ1n) is 4.40. The summed E-state index contributed by atoms with van der Waals surface area (Å²) >= 11 is 17.4. The number of anilines is 1. The zero-order valence-corrected chi connectivity index (χ0v) is 10.0. The lowest BCUT2D eigenvalue weighted by atomic mass is 10.3. The largest absolute Gasteiger partial charge is 0.369 e. The topological polar surface area (TPSA) is 24.9 Å². The molecule has 0 spiro atoms. The Hall–Kier alpha value is -0.180. The molecule has 0 aliphatic rings. The number of nitrogens with one attached hydrogen (secondary N) is 1. The summed E-state index contributed by atoms with van der Waals surface area (Å²) in [5.41, 5.74) is 0. The smallest absolute Gasteiger partial charge is 0.150 e. The molecule has 0 unspecified atom stereocenters. The lowest BCUT2D eigenvalue weighted by molar-refractivity contribution is 0.831. The fourth-order valence-corrected chi connectivity index (χ4v) is 1.52. The van der Waals surface area contributed by atoms with Gasteiger partial charge < -0.3 is 5.32 Å². The van der Waals surface area contributed by atoms with Crippen LogP contribution >= 0.6 is 34.8 Å². The number of unbranched alkanes of at least 4 members (excludes halogenated alkanes) is 1. The number of nitrogens with zero attached hydrogens (tertiary/aromatic N) is 1. The molecule has 1 rings (SSSR count). The monoisotopic (exact) mass is 252 g/mol. The molecule has 2 nitrogen and oxygen atoms in total. The van der Waals surface area contributed by atoms with E-state index < -0.39 is 0 Å². The maximum Gasteiger partial charge on any atom is 0.150 e. The lowest BCUT2D eigenvalue weighted by Gasteiger charge is -2.07. The minimum atomic E-state index is 0.273. The lowest BCUT2D eigenvalue weighted by Crippen LogP contribution is -2.03. The number of hydrogen-bond donors (Lipinski definition) is 1. The van der Waals surface area contributed by atoms with Crippen LogP contribution in [0.25, 0.3) is 0 Å². The zero-order valence-electron chi connectivity index (χ0n) is 7.78. The minimum Gasteiger partial charge on any atom is -0.369 e. The summed E-state index contributed by atoms with van der Waals surface area (Å²) < 4.78 is 0. The van der Waals surface area contributed by atoms with E-state index in [9.17, 15) is 0 Å². The summed E-state index contributed by atoms with van der Waals surface area (Å²) in [5.74, 6) is 0.592. The first-order chi connectivity index (χ1) is 6.65. The molecular formula is C9H11Cl3N2. The molecule has 1 N–H and O–H groups in total. The molecule has 0 radical (unpaired) electrons. The highest BCUT2D eigenvalue weighted by Gasteiger charge is 2.06. The number of halogens is 3. The number of pyridine rings is 1. The molecule has 0 fully saturated rings. The van der Waals surface area contributed by atoms with Gasteiger partial charge >= 0.3 is 0 Å². The first-order valence-corrected chi connectivity index (χ1v) is 5.54. The molecule has 0 aromatic carbocycles. The molecule has 0 aliphatic carbocycles. The van der Waals surface area contributed by atoms with Crippen molar-refractivity contribution in [3.8, 4) is 0 Å². The van der Waals surface area contributed by atoms with E-state index in [4.69, 9.17) is 34.8 Å². The Kier molecular flexibility index (Phi) is 4.79. The molecule has 0 atom stereocenters. The molecule has 0 amide bonds. The Labute approximate surface area is 98.6 Å². The number of aromatic nitrogens is 1. The average molecular weight is 254 g/mol. The van der Waals surface area contributed by atoms with Gasteiger partial charge in [-0.05, 0) is 12.5 Å². The minimum absolute atomic E-state index is 0.273. The fourth-order valence-electron chi connectivity index (χ4n) is 0.952. The van der Waals surface area contributed by atoms with Crippen LogP contribution in [0.5, 0.6) is 0 Å². The maximum absolute atomic E-state index is 5.91. The summed E-state index contributed by atoms with van der Waals surface area (Å²) in [6, 6.07) is 1.59. The van der Waals surface area contributed by atoms with E-state index in [1.807, 2.05) is 0 Å². The van der Waals surface area contributed by atoms with Gasteiger partial charge in [-0.1, -0.05) is 48.1 Å². The summed E-state index contributed by atoms with van der Waals surface area (Å²) in [6.07, 6.45) is 2.18. The quantitative estimate of drug-likeness (QED) is 0.641. The van der Waals surface area contributed by atoms with Gasteiger partial charge in [0.25, 0.3) is 0 Å². The van der Waals surface area contributed by atoms with E-state index in [2.05, 4.69) is 17.2 Å². The second-order valence-corrected chi connectivity index (χ2v) is 4.04. The summed E-state index contributed by atoms with van der Waals surface area (Å²) in [7, 11) is 0. The van der Waals surface area contributed by atoms with Crippen molar-refractivity contribution in [1.29, 1.82) is 0 Å². The van der Waals surface area contributed by atoms with Crippen molar-refractivity contribution in [1.82, 2.24) is 4.98 Å². The fraction of sp³-hybridized carbons (Fsp3) is 0.444. The van der Waals surface area contributed by atoms with Crippen molar-refractivity contribution in [2.45, 2.75) is 19.8 Å². The van der Waals surface area contributed by atoms with Crippen LogP contribution in [0.15, 0.2) is 6.07 Å². The van der Waals surface area contributed by atoms with Gasteiger partial charge in [-0.3, -0.25) is 0 Å². The van der Waals surface area contributed by atoms with Crippen molar-refractivity contribution >= 4 is 40.6 Å². The van der Waals surface area contributed by atoms with Crippen molar-refractivity contribution in [3.05, 3.63) is 21.3 Å². The van der Waals surface area contributed by atoms with E-state index in [1.54, 1.807) is 6.07 Å². The van der Waals surface area contributed by atoms with Crippen LogP contribution in [0.2, 0.25) is 15.2 Å². The summed E-state index contributed by atoms with van der Waals surface area (Å²) in [4.78, 5) is 4.03. The van der Waals surface area contributed by atoms with Gasteiger partial charge in [-0.2, -0.15) is 0 Å². The van der Waals surface area contributed by atoms with Gasteiger partial charge in [0.1, 0.15) is 11.0 Å². The molecule has 0 saturated heterocycles. The predicted octanol–water partition coefficient (Wildman–Crippen LogP) is 4.25. The van der Waals surface area contributed by atoms with E-state index in [0.29, 0.717) is 15.9 Å². The van der Waals surface area contributed by atoms with Crippen LogP contribution in [-0.4, -0.2) is 11.5 Å². The Bertz CT molecular complexity index is 315. The molecule has 0 aliphatic heterocycles. The highest BCUT2D eigenvalue weighted by atomic mass is 35.5. The van der Waals surface area contributed by atoms with Crippen molar-refractivity contribution in [2.24, 2.45) is 0 Å². The highest BCUT2D eigenvalue weighted by Crippen LogP contribution is 2.28. The van der Waals surface area contributed by atoms with Crippen LogP contribution in [-0.2, 0) is 0 Å². The van der Waals surface area contributed by atoms with Crippen LogP contribution in [0.4, 0.5) is 5.82 Å². The van der Waals surface area contributed by atoms with E-state index in [-0.39, 0.29) is 5.15 Å². The van der Waals surface area contributed by atoms with Crippen LogP contribution in [0.1, 0.15) is 19.8 Å². The number of hydrogen-bond acceptors (Lipinski definition) is 2. The first kappa shape index (κ1) is 11.9. The molecular weight excluding hydrogens is 242 g/mol. The van der Waals surface area contributed by atoms with Crippen molar-refractivity contribution < 1.29 is 0 Å². The summed E-state index contributed by atoms with van der Waals surface area (Å²) in [6.45, 7) is 2.95. The average Bonchev–Trinajstić information content (AvgIpc) is 2.14. The van der Waals surface area contributed by atoms with Crippen LogP contribution < -0.4 is 5.32 Å². The molecule has 1 aromatic rings. The molecule has 14 heavy (non-hydrogen) atoms. The van der Waals surface area contributed by atoms with E-state index in [0.717, 1.165) is 19.4 Å². The molecule has 1 aromatic heterocycles. The Morgan fingerprint density at radius 1 is 1.29 bits per heavy atom. The van der Waals surface area contributed by atoms with Gasteiger partial charge in [-0.25, -0.2) is 4.98 Å². The van der Waals surface area contributed by atoms with Crippen molar-refractivity contribution in [2.75, 3.05) is 11.9 Å². The third kappa shape index (κ3) is 3.19. The standard InChI is InChI=1S/C9H11Cl3N2/c1-2-3-4-13-9-7(11)5-6(10)8(12)14-9/h5H,2-4H2,1H3,(H,13,14). The SMILES string of the molecule is CCCCNc1nc(Cl)c(Cl)cc1Cl. The second-order valence-electron chi connectivity index (χ2n) is 2.87. The molecule has 0 saturated carbocycles. The van der Waals surface area contributed by atoms with Crippen molar-refractivity contribution in [3.63, 3.8) is 0 Å². The number of rotatable bonds is 4.